The fraction of sp³-hybridized carbons (Fsp3) is 0.833. The van der Waals surface area contributed by atoms with Crippen molar-refractivity contribution in [3.05, 3.63) is 0 Å². The van der Waals surface area contributed by atoms with Gasteiger partial charge in [-0.25, -0.2) is 10.3 Å². The fourth-order valence-corrected chi connectivity index (χ4v) is 1.81. The molecule has 18 heavy (non-hydrogen) atoms. The van der Waals surface area contributed by atoms with Crippen LogP contribution in [0.5, 0.6) is 0 Å². The molecule has 1 fully saturated rings. The quantitative estimate of drug-likeness (QED) is 0.778. The van der Waals surface area contributed by atoms with Crippen LogP contribution < -0.4 is 5.48 Å². The fourth-order valence-electron chi connectivity index (χ4n) is 1.81. The first-order valence-corrected chi connectivity index (χ1v) is 6.17. The lowest BCUT2D eigenvalue weighted by atomic mass is 10.2. The van der Waals surface area contributed by atoms with Gasteiger partial charge in [0.25, 0.3) is 0 Å². The zero-order valence-corrected chi connectivity index (χ0v) is 11.5. The van der Waals surface area contributed by atoms with E-state index in [1.807, 2.05) is 20.8 Å². The molecule has 1 saturated heterocycles. The molecule has 1 aliphatic rings. The normalized spacial score (nSPS) is 19.8. The van der Waals surface area contributed by atoms with E-state index in [2.05, 4.69) is 5.48 Å². The molecule has 104 valence electrons. The van der Waals surface area contributed by atoms with E-state index in [1.54, 1.807) is 4.90 Å². The summed E-state index contributed by atoms with van der Waals surface area (Å²) in [5.41, 5.74) is 1.77. The van der Waals surface area contributed by atoms with Gasteiger partial charge in [-0.2, -0.15) is 0 Å². The first kappa shape index (κ1) is 14.8. The van der Waals surface area contributed by atoms with Gasteiger partial charge >= 0.3 is 6.09 Å². The predicted molar refractivity (Wildman–Crippen MR) is 65.7 cm³/mol. The highest BCUT2D eigenvalue weighted by Crippen LogP contribution is 2.20. The number of hydroxylamine groups is 1. The second-order valence-corrected chi connectivity index (χ2v) is 5.44. The number of likely N-dealkylation sites (tertiary alicyclic amines) is 1. The molecule has 1 aliphatic heterocycles. The summed E-state index contributed by atoms with van der Waals surface area (Å²) in [5.74, 6) is -0.253. The number of rotatable bonds is 3. The molecule has 0 bridgehead atoms. The van der Waals surface area contributed by atoms with Gasteiger partial charge in [-0.05, 0) is 33.6 Å². The van der Waals surface area contributed by atoms with Gasteiger partial charge in [0.1, 0.15) is 5.60 Å². The van der Waals surface area contributed by atoms with E-state index in [4.69, 9.17) is 9.57 Å². The molecule has 0 aliphatic carbocycles. The molecule has 6 heteroatoms. The Labute approximate surface area is 108 Å². The van der Waals surface area contributed by atoms with E-state index in [9.17, 15) is 9.59 Å². The van der Waals surface area contributed by atoms with Gasteiger partial charge in [0.15, 0.2) is 0 Å². The molecule has 0 unspecified atom stereocenters. The Kier molecular flexibility index (Phi) is 4.95. The van der Waals surface area contributed by atoms with Gasteiger partial charge in [0.05, 0.1) is 12.6 Å². The van der Waals surface area contributed by atoms with Crippen LogP contribution in [0.4, 0.5) is 4.79 Å². The van der Waals surface area contributed by atoms with E-state index in [-0.39, 0.29) is 18.0 Å². The Morgan fingerprint density at radius 2 is 2.06 bits per heavy atom. The molecule has 0 saturated carbocycles. The SMILES string of the molecule is CC(=O)NOC[C@@H]1CCCN1C(=O)OC(C)(C)C. The monoisotopic (exact) mass is 258 g/mol. The smallest absolute Gasteiger partial charge is 0.410 e. The zero-order valence-electron chi connectivity index (χ0n) is 11.5. The molecule has 1 rings (SSSR count). The summed E-state index contributed by atoms with van der Waals surface area (Å²) >= 11 is 0. The first-order chi connectivity index (χ1) is 8.29. The zero-order chi connectivity index (χ0) is 13.8. The van der Waals surface area contributed by atoms with Crippen molar-refractivity contribution in [1.82, 2.24) is 10.4 Å². The second kappa shape index (κ2) is 6.04. The molecular weight excluding hydrogens is 236 g/mol. The molecule has 1 atom stereocenters. The van der Waals surface area contributed by atoms with Crippen molar-refractivity contribution in [2.75, 3.05) is 13.2 Å². The number of amides is 2. The van der Waals surface area contributed by atoms with Gasteiger partial charge in [-0.15, -0.1) is 0 Å². The van der Waals surface area contributed by atoms with Crippen molar-refractivity contribution in [2.24, 2.45) is 0 Å². The highest BCUT2D eigenvalue weighted by molar-refractivity contribution is 5.71. The second-order valence-electron chi connectivity index (χ2n) is 5.44. The molecule has 2 amide bonds. The Morgan fingerprint density at radius 1 is 1.39 bits per heavy atom. The molecule has 6 nitrogen and oxygen atoms in total. The van der Waals surface area contributed by atoms with Crippen LogP contribution in [0.15, 0.2) is 0 Å². The number of nitrogens with zero attached hydrogens (tertiary/aromatic N) is 1. The highest BCUT2D eigenvalue weighted by atomic mass is 16.7. The Hall–Kier alpha value is -1.30. The van der Waals surface area contributed by atoms with Gasteiger partial charge < -0.3 is 9.64 Å². The number of carbonyl (C=O) groups is 2. The van der Waals surface area contributed by atoms with Crippen LogP contribution in [0.2, 0.25) is 0 Å². The number of carbonyl (C=O) groups excluding carboxylic acids is 2. The minimum Gasteiger partial charge on any atom is -0.444 e. The van der Waals surface area contributed by atoms with E-state index >= 15 is 0 Å². The number of hydrogen-bond acceptors (Lipinski definition) is 4. The van der Waals surface area contributed by atoms with Gasteiger partial charge in [0, 0.05) is 13.5 Å². The summed E-state index contributed by atoms with van der Waals surface area (Å²) in [5, 5.41) is 0. The third kappa shape index (κ3) is 4.91. The molecule has 0 radical (unpaired) electrons. The summed E-state index contributed by atoms with van der Waals surface area (Å²) in [4.78, 5) is 29.3. The predicted octanol–water partition coefficient (Wildman–Crippen LogP) is 1.45. The van der Waals surface area contributed by atoms with Crippen LogP contribution >= 0.6 is 0 Å². The minimum absolute atomic E-state index is 0.0355. The molecule has 0 spiro atoms. The maximum atomic E-state index is 11.9. The van der Waals surface area contributed by atoms with E-state index in [0.717, 1.165) is 12.8 Å². The van der Waals surface area contributed by atoms with Crippen LogP contribution in [0.3, 0.4) is 0 Å². The minimum atomic E-state index is -0.497. The van der Waals surface area contributed by atoms with E-state index in [0.29, 0.717) is 13.2 Å². The molecule has 1 N–H and O–H groups in total. The molecule has 0 aromatic carbocycles. The van der Waals surface area contributed by atoms with Crippen molar-refractivity contribution in [3.8, 4) is 0 Å². The molecule has 1 heterocycles. The Bertz CT molecular complexity index is 312. The summed E-state index contributed by atoms with van der Waals surface area (Å²) < 4.78 is 5.32. The average Bonchev–Trinajstić information content (AvgIpc) is 2.62. The van der Waals surface area contributed by atoms with Crippen molar-refractivity contribution >= 4 is 12.0 Å². The van der Waals surface area contributed by atoms with Gasteiger partial charge in [-0.3, -0.25) is 9.63 Å². The van der Waals surface area contributed by atoms with Crippen molar-refractivity contribution in [3.63, 3.8) is 0 Å². The van der Waals surface area contributed by atoms with Crippen LogP contribution in [0, 0.1) is 0 Å². The van der Waals surface area contributed by atoms with Crippen molar-refractivity contribution in [1.29, 1.82) is 0 Å². The van der Waals surface area contributed by atoms with Crippen molar-refractivity contribution in [2.45, 2.75) is 52.2 Å². The van der Waals surface area contributed by atoms with Crippen LogP contribution in [0.1, 0.15) is 40.5 Å². The Balaban J connectivity index is 2.43. The first-order valence-electron chi connectivity index (χ1n) is 6.17. The topological polar surface area (TPSA) is 67.9 Å². The van der Waals surface area contributed by atoms with E-state index in [1.165, 1.54) is 6.92 Å². The summed E-state index contributed by atoms with van der Waals surface area (Å²) in [6, 6.07) is -0.0355. The summed E-state index contributed by atoms with van der Waals surface area (Å²) in [7, 11) is 0. The lowest BCUT2D eigenvalue weighted by Gasteiger charge is -2.28. The molecule has 0 aromatic rings. The maximum absolute atomic E-state index is 11.9. The average molecular weight is 258 g/mol. The standard InChI is InChI=1S/C12H22N2O4/c1-9(15)13-17-8-10-6-5-7-14(10)11(16)18-12(2,3)4/h10H,5-8H2,1-4H3,(H,13,15)/t10-/m0/s1. The summed E-state index contributed by atoms with van der Waals surface area (Å²) in [6.45, 7) is 7.85. The van der Waals surface area contributed by atoms with Gasteiger partial charge in [-0.1, -0.05) is 0 Å². The van der Waals surface area contributed by atoms with Crippen molar-refractivity contribution < 1.29 is 19.2 Å². The largest absolute Gasteiger partial charge is 0.444 e. The molecule has 0 aromatic heterocycles. The lowest BCUT2D eigenvalue weighted by Crippen LogP contribution is -2.42. The number of ether oxygens (including phenoxy) is 1. The summed E-state index contributed by atoms with van der Waals surface area (Å²) in [6.07, 6.45) is 1.46. The number of hydrogen-bond donors (Lipinski definition) is 1. The van der Waals surface area contributed by atoms with E-state index < -0.39 is 5.60 Å². The molecular formula is C12H22N2O4. The number of nitrogens with one attached hydrogen (secondary N) is 1. The highest BCUT2D eigenvalue weighted by Gasteiger charge is 2.32. The Morgan fingerprint density at radius 3 is 2.61 bits per heavy atom. The van der Waals surface area contributed by atoms with Gasteiger partial charge in [0.2, 0.25) is 5.91 Å². The van der Waals surface area contributed by atoms with Crippen LogP contribution in [-0.2, 0) is 14.4 Å². The third-order valence-electron chi connectivity index (χ3n) is 2.50. The lowest BCUT2D eigenvalue weighted by molar-refractivity contribution is -0.132. The van der Waals surface area contributed by atoms with Crippen LogP contribution in [0.25, 0.3) is 0 Å². The van der Waals surface area contributed by atoms with Crippen LogP contribution in [-0.4, -0.2) is 41.7 Å². The maximum Gasteiger partial charge on any atom is 0.410 e. The third-order valence-corrected chi connectivity index (χ3v) is 2.50.